The molecule has 100 valence electrons. The second kappa shape index (κ2) is 7.60. The van der Waals surface area contributed by atoms with E-state index in [1.165, 1.54) is 0 Å². The molecular formula is C11H22N2O4. The molecule has 1 rings (SSSR count). The van der Waals surface area contributed by atoms with Gasteiger partial charge < -0.3 is 19.9 Å². The van der Waals surface area contributed by atoms with Gasteiger partial charge in [0.15, 0.2) is 6.29 Å². The number of nitrogens with one attached hydrogen (secondary N) is 1. The van der Waals surface area contributed by atoms with Crippen LogP contribution in [0, 0.1) is 0 Å². The zero-order valence-corrected chi connectivity index (χ0v) is 10.5. The van der Waals surface area contributed by atoms with E-state index >= 15 is 0 Å². The van der Waals surface area contributed by atoms with Gasteiger partial charge >= 0.3 is 5.97 Å². The Morgan fingerprint density at radius 3 is 2.65 bits per heavy atom. The van der Waals surface area contributed by atoms with E-state index in [-0.39, 0.29) is 6.29 Å². The standard InChI is InChI=1S/C11H22N2O4/c1-3-16-10(17-4-2)8-13-6-5-12-7-9(13)11(14)15/h9-10,12H,3-8H2,1-2H3,(H,14,15). The van der Waals surface area contributed by atoms with Crippen LogP contribution in [0.25, 0.3) is 0 Å². The number of carboxylic acids is 1. The second-order valence-electron chi connectivity index (χ2n) is 3.89. The molecular weight excluding hydrogens is 224 g/mol. The van der Waals surface area contributed by atoms with Crippen LogP contribution in [-0.2, 0) is 14.3 Å². The normalized spacial score (nSPS) is 21.9. The molecule has 0 aromatic rings. The van der Waals surface area contributed by atoms with Crippen molar-refractivity contribution in [2.24, 2.45) is 0 Å². The number of aliphatic carboxylic acids is 1. The summed E-state index contributed by atoms with van der Waals surface area (Å²) in [6.45, 7) is 7.41. The molecule has 0 aliphatic carbocycles. The zero-order chi connectivity index (χ0) is 12.7. The molecule has 1 unspecified atom stereocenters. The van der Waals surface area contributed by atoms with Gasteiger partial charge in [-0.25, -0.2) is 0 Å². The van der Waals surface area contributed by atoms with Gasteiger partial charge in [-0.05, 0) is 13.8 Å². The molecule has 6 heteroatoms. The average Bonchev–Trinajstić information content (AvgIpc) is 2.30. The van der Waals surface area contributed by atoms with Crippen LogP contribution in [0.3, 0.4) is 0 Å². The molecule has 1 fully saturated rings. The molecule has 1 aliphatic heterocycles. The topological polar surface area (TPSA) is 71.0 Å². The van der Waals surface area contributed by atoms with Crippen molar-refractivity contribution in [3.63, 3.8) is 0 Å². The van der Waals surface area contributed by atoms with Crippen molar-refractivity contribution in [3.05, 3.63) is 0 Å². The van der Waals surface area contributed by atoms with Crippen molar-refractivity contribution >= 4 is 5.97 Å². The van der Waals surface area contributed by atoms with Crippen molar-refractivity contribution in [2.75, 3.05) is 39.4 Å². The molecule has 0 bridgehead atoms. The quantitative estimate of drug-likeness (QED) is 0.603. The van der Waals surface area contributed by atoms with Gasteiger partial charge in [0, 0.05) is 32.8 Å². The molecule has 0 radical (unpaired) electrons. The van der Waals surface area contributed by atoms with Gasteiger partial charge in [0.25, 0.3) is 0 Å². The third kappa shape index (κ3) is 4.59. The molecule has 1 saturated heterocycles. The summed E-state index contributed by atoms with van der Waals surface area (Å²) in [6.07, 6.45) is -0.343. The third-order valence-corrected chi connectivity index (χ3v) is 2.73. The first kappa shape index (κ1) is 14.4. The molecule has 0 saturated carbocycles. The number of carbonyl (C=O) groups is 1. The Hall–Kier alpha value is -0.690. The minimum absolute atomic E-state index is 0.343. The van der Waals surface area contributed by atoms with E-state index in [4.69, 9.17) is 14.6 Å². The van der Waals surface area contributed by atoms with Crippen LogP contribution in [0.2, 0.25) is 0 Å². The van der Waals surface area contributed by atoms with Crippen molar-refractivity contribution in [3.8, 4) is 0 Å². The molecule has 0 aromatic heterocycles. The first-order valence-electron chi connectivity index (χ1n) is 6.09. The number of hydrogen-bond donors (Lipinski definition) is 2. The largest absolute Gasteiger partial charge is 0.480 e. The number of ether oxygens (including phenoxy) is 2. The molecule has 6 nitrogen and oxygen atoms in total. The van der Waals surface area contributed by atoms with Gasteiger partial charge in [-0.1, -0.05) is 0 Å². The lowest BCUT2D eigenvalue weighted by Crippen LogP contribution is -2.57. The molecule has 0 aromatic carbocycles. The molecule has 1 heterocycles. The monoisotopic (exact) mass is 246 g/mol. The second-order valence-corrected chi connectivity index (χ2v) is 3.89. The lowest BCUT2D eigenvalue weighted by molar-refractivity contribution is -0.161. The molecule has 1 aliphatic rings. The smallest absolute Gasteiger partial charge is 0.322 e. The Bertz CT molecular complexity index is 232. The summed E-state index contributed by atoms with van der Waals surface area (Å²) < 4.78 is 10.9. The van der Waals surface area contributed by atoms with E-state index in [2.05, 4.69) is 5.32 Å². The van der Waals surface area contributed by atoms with Crippen LogP contribution in [0.5, 0.6) is 0 Å². The molecule has 1 atom stereocenters. The van der Waals surface area contributed by atoms with Crippen LogP contribution >= 0.6 is 0 Å². The summed E-state index contributed by atoms with van der Waals surface area (Å²) in [4.78, 5) is 13.0. The number of hydrogen-bond acceptors (Lipinski definition) is 5. The number of rotatable bonds is 7. The van der Waals surface area contributed by atoms with Crippen molar-refractivity contribution in [1.29, 1.82) is 0 Å². The Kier molecular flexibility index (Phi) is 6.43. The van der Waals surface area contributed by atoms with Crippen molar-refractivity contribution < 1.29 is 19.4 Å². The Morgan fingerprint density at radius 1 is 1.47 bits per heavy atom. The molecule has 0 spiro atoms. The number of nitrogens with zero attached hydrogens (tertiary/aromatic N) is 1. The first-order valence-corrected chi connectivity index (χ1v) is 6.09. The van der Waals surface area contributed by atoms with Gasteiger partial charge in [0.2, 0.25) is 0 Å². The lowest BCUT2D eigenvalue weighted by atomic mass is 10.2. The SMILES string of the molecule is CCOC(CN1CCNCC1C(=O)O)OCC. The van der Waals surface area contributed by atoms with E-state index in [1.807, 2.05) is 18.7 Å². The molecule has 0 amide bonds. The maximum absolute atomic E-state index is 11.1. The summed E-state index contributed by atoms with van der Waals surface area (Å²) in [5, 5.41) is 12.2. The summed E-state index contributed by atoms with van der Waals surface area (Å²) >= 11 is 0. The van der Waals surface area contributed by atoms with Crippen molar-refractivity contribution in [2.45, 2.75) is 26.2 Å². The maximum atomic E-state index is 11.1. The number of carboxylic acid groups (broad SMARTS) is 1. The summed E-state index contributed by atoms with van der Waals surface area (Å²) in [7, 11) is 0. The fourth-order valence-corrected chi connectivity index (χ4v) is 1.93. The zero-order valence-electron chi connectivity index (χ0n) is 10.5. The summed E-state index contributed by atoms with van der Waals surface area (Å²) in [5.74, 6) is -0.802. The van der Waals surface area contributed by atoms with Gasteiger partial charge in [-0.2, -0.15) is 0 Å². The summed E-state index contributed by atoms with van der Waals surface area (Å²) in [6, 6.07) is -0.493. The van der Waals surface area contributed by atoms with Gasteiger partial charge in [-0.3, -0.25) is 9.69 Å². The van der Waals surface area contributed by atoms with Crippen LogP contribution in [0.15, 0.2) is 0 Å². The Morgan fingerprint density at radius 2 is 2.12 bits per heavy atom. The number of piperazine rings is 1. The third-order valence-electron chi connectivity index (χ3n) is 2.73. The van der Waals surface area contributed by atoms with Gasteiger partial charge in [-0.15, -0.1) is 0 Å². The highest BCUT2D eigenvalue weighted by Gasteiger charge is 2.30. The lowest BCUT2D eigenvalue weighted by Gasteiger charge is -2.35. The van der Waals surface area contributed by atoms with Gasteiger partial charge in [0.1, 0.15) is 6.04 Å². The van der Waals surface area contributed by atoms with E-state index in [1.54, 1.807) is 0 Å². The van der Waals surface area contributed by atoms with Gasteiger partial charge in [0.05, 0.1) is 6.54 Å². The van der Waals surface area contributed by atoms with E-state index in [9.17, 15) is 4.79 Å². The minimum Gasteiger partial charge on any atom is -0.480 e. The predicted molar refractivity (Wildman–Crippen MR) is 62.9 cm³/mol. The van der Waals surface area contributed by atoms with Crippen LogP contribution in [0.4, 0.5) is 0 Å². The Labute approximate surface area is 102 Å². The van der Waals surface area contributed by atoms with Crippen molar-refractivity contribution in [1.82, 2.24) is 10.2 Å². The molecule has 2 N–H and O–H groups in total. The fraction of sp³-hybridized carbons (Fsp3) is 0.909. The highest BCUT2D eigenvalue weighted by molar-refractivity contribution is 5.73. The first-order chi connectivity index (χ1) is 8.19. The fourth-order valence-electron chi connectivity index (χ4n) is 1.93. The van der Waals surface area contributed by atoms with E-state index in [0.717, 1.165) is 6.54 Å². The van der Waals surface area contributed by atoms with Crippen LogP contribution in [-0.4, -0.2) is 67.7 Å². The van der Waals surface area contributed by atoms with Crippen LogP contribution < -0.4 is 5.32 Å². The maximum Gasteiger partial charge on any atom is 0.322 e. The minimum atomic E-state index is -0.802. The molecule has 17 heavy (non-hydrogen) atoms. The average molecular weight is 246 g/mol. The highest BCUT2D eigenvalue weighted by atomic mass is 16.7. The summed E-state index contributed by atoms with van der Waals surface area (Å²) in [5.41, 5.74) is 0. The van der Waals surface area contributed by atoms with E-state index < -0.39 is 12.0 Å². The van der Waals surface area contributed by atoms with E-state index in [0.29, 0.717) is 32.8 Å². The highest BCUT2D eigenvalue weighted by Crippen LogP contribution is 2.07. The predicted octanol–water partition coefficient (Wildman–Crippen LogP) is -0.256. The Balaban J connectivity index is 2.52. The van der Waals surface area contributed by atoms with Crippen LogP contribution in [0.1, 0.15) is 13.8 Å².